The molecule has 0 bridgehead atoms. The molecule has 6 N–H and O–H groups in total. The summed E-state index contributed by atoms with van der Waals surface area (Å²) < 4.78 is 10.3. The number of methoxy groups -OCH3 is 2. The maximum atomic E-state index is 10.9. The molecular weight excluding hydrogens is 644 g/mol. The second-order valence-electron chi connectivity index (χ2n) is 12.2. The average Bonchev–Trinajstić information content (AvgIpc) is 3.87. The molecular formula is C38H46N2O10. The van der Waals surface area contributed by atoms with Gasteiger partial charge in [0.05, 0.1) is 51.1 Å². The van der Waals surface area contributed by atoms with Crippen LogP contribution in [0.4, 0.5) is 0 Å². The zero-order valence-corrected chi connectivity index (χ0v) is 28.8. The van der Waals surface area contributed by atoms with Crippen molar-refractivity contribution in [3.05, 3.63) is 83.9 Å². The van der Waals surface area contributed by atoms with Gasteiger partial charge < -0.3 is 50.1 Å². The summed E-state index contributed by atoms with van der Waals surface area (Å²) in [7, 11) is 3.25. The van der Waals surface area contributed by atoms with Gasteiger partial charge in [-0.3, -0.25) is 9.59 Å². The molecule has 0 spiro atoms. The van der Waals surface area contributed by atoms with Crippen molar-refractivity contribution in [3.8, 4) is 11.5 Å². The van der Waals surface area contributed by atoms with E-state index in [0.717, 1.165) is 82.9 Å². The van der Waals surface area contributed by atoms with E-state index >= 15 is 0 Å². The lowest BCUT2D eigenvalue weighted by atomic mass is 9.98. The summed E-state index contributed by atoms with van der Waals surface area (Å²) in [6.07, 6.45) is 3.59. The third-order valence-electron chi connectivity index (χ3n) is 8.83. The number of nitrogens with two attached hydrogens (primary N) is 2. The van der Waals surface area contributed by atoms with Crippen LogP contribution in [-0.4, -0.2) is 73.5 Å². The molecule has 0 radical (unpaired) electrons. The summed E-state index contributed by atoms with van der Waals surface area (Å²) in [4.78, 5) is 42.0. The van der Waals surface area contributed by atoms with Crippen LogP contribution in [0.2, 0.25) is 0 Å². The topological polar surface area (TPSA) is 207 Å². The quantitative estimate of drug-likeness (QED) is 0.206. The molecule has 2 heterocycles. The number of fused-ring (bicyclic) bond motifs is 2. The number of carbonyl (C=O) groups is 4. The van der Waals surface area contributed by atoms with Crippen LogP contribution in [0.25, 0.3) is 21.5 Å². The predicted molar refractivity (Wildman–Crippen MR) is 183 cm³/mol. The minimum atomic E-state index is -0.914. The summed E-state index contributed by atoms with van der Waals surface area (Å²) in [6, 6.07) is 22.3. The van der Waals surface area contributed by atoms with Crippen molar-refractivity contribution >= 4 is 45.4 Å². The number of aliphatic carboxylic acids is 4. The van der Waals surface area contributed by atoms with Crippen molar-refractivity contribution in [2.45, 2.75) is 63.5 Å². The Morgan fingerprint density at radius 2 is 0.960 bits per heavy atom. The highest BCUT2D eigenvalue weighted by Gasteiger charge is 2.19. The first-order chi connectivity index (χ1) is 23.8. The van der Waals surface area contributed by atoms with Crippen LogP contribution < -0.4 is 30.3 Å². The Bertz CT molecular complexity index is 1630. The lowest BCUT2D eigenvalue weighted by Gasteiger charge is -2.08. The summed E-state index contributed by atoms with van der Waals surface area (Å²) >= 11 is 0. The zero-order valence-electron chi connectivity index (χ0n) is 28.8. The third kappa shape index (κ3) is 11.5. The number of carboxylic acids is 4. The van der Waals surface area contributed by atoms with Crippen LogP contribution >= 0.6 is 0 Å². The van der Waals surface area contributed by atoms with Crippen LogP contribution in [0.5, 0.6) is 11.5 Å². The summed E-state index contributed by atoms with van der Waals surface area (Å²) in [5.41, 5.74) is 1.63. The van der Waals surface area contributed by atoms with E-state index in [1.54, 1.807) is 28.1 Å². The predicted octanol–water partition coefficient (Wildman–Crippen LogP) is 0.997. The fourth-order valence-corrected chi connectivity index (χ4v) is 5.54. The normalized spacial score (nSPS) is 17.4. The largest absolute Gasteiger partial charge is 0.544 e. The highest BCUT2D eigenvalue weighted by molar-refractivity contribution is 5.87. The summed E-state index contributed by atoms with van der Waals surface area (Å²) in [5.74, 6) is -2.81. The number of benzene rings is 4. The number of quaternary nitrogens is 2. The Balaban J connectivity index is 0.000000191. The van der Waals surface area contributed by atoms with Gasteiger partial charge in [-0.15, -0.1) is 0 Å². The van der Waals surface area contributed by atoms with E-state index in [0.29, 0.717) is 0 Å². The molecule has 2 aliphatic heterocycles. The van der Waals surface area contributed by atoms with Crippen LogP contribution in [-0.2, 0) is 19.2 Å². The lowest BCUT2D eigenvalue weighted by molar-refractivity contribution is -0.664. The second-order valence-corrected chi connectivity index (χ2v) is 12.2. The summed E-state index contributed by atoms with van der Waals surface area (Å²) in [5, 5.41) is 45.8. The van der Waals surface area contributed by atoms with Gasteiger partial charge in [-0.2, -0.15) is 0 Å². The lowest BCUT2D eigenvalue weighted by Crippen LogP contribution is -2.89. The maximum Gasteiger partial charge on any atom is 0.310 e. The third-order valence-corrected chi connectivity index (χ3v) is 8.83. The molecule has 0 unspecified atom stereocenters. The smallest absolute Gasteiger partial charge is 0.310 e. The molecule has 2 aliphatic rings. The molecule has 12 nitrogen and oxygen atoms in total. The van der Waals surface area contributed by atoms with Crippen LogP contribution in [0, 0.1) is 0 Å². The van der Waals surface area contributed by atoms with Gasteiger partial charge in [-0.25, -0.2) is 0 Å². The molecule has 0 saturated carbocycles. The van der Waals surface area contributed by atoms with Gasteiger partial charge in [0.25, 0.3) is 0 Å². The minimum Gasteiger partial charge on any atom is -0.544 e. The number of rotatable bonds is 8. The molecule has 50 heavy (non-hydrogen) atoms. The monoisotopic (exact) mass is 690 g/mol. The number of carbonyl (C=O) groups excluding carboxylic acids is 2. The van der Waals surface area contributed by atoms with E-state index in [1.165, 1.54) is 0 Å². The first-order valence-corrected chi connectivity index (χ1v) is 16.5. The highest BCUT2D eigenvalue weighted by Crippen LogP contribution is 2.26. The van der Waals surface area contributed by atoms with Crippen molar-refractivity contribution in [1.82, 2.24) is 0 Å². The van der Waals surface area contributed by atoms with Gasteiger partial charge in [0.15, 0.2) is 0 Å². The molecule has 6 rings (SSSR count). The van der Waals surface area contributed by atoms with E-state index in [-0.39, 0.29) is 12.1 Å². The summed E-state index contributed by atoms with van der Waals surface area (Å²) in [6.45, 7) is 5.26. The first kappa shape index (κ1) is 39.2. The van der Waals surface area contributed by atoms with Crippen LogP contribution in [0.1, 0.15) is 62.5 Å². The van der Waals surface area contributed by atoms with Gasteiger partial charge >= 0.3 is 11.9 Å². The first-order valence-electron chi connectivity index (χ1n) is 16.5. The molecule has 0 aliphatic carbocycles. The van der Waals surface area contributed by atoms with E-state index in [2.05, 4.69) is 0 Å². The number of ether oxygens (including phenoxy) is 2. The number of hydrogen-bond donors (Lipinski definition) is 4. The van der Waals surface area contributed by atoms with Gasteiger partial charge in [0, 0.05) is 25.7 Å². The van der Waals surface area contributed by atoms with Gasteiger partial charge in [0.1, 0.15) is 23.6 Å². The molecule has 268 valence electrons. The van der Waals surface area contributed by atoms with E-state index in [1.807, 2.05) is 83.4 Å². The van der Waals surface area contributed by atoms with E-state index in [4.69, 9.17) is 19.7 Å². The van der Waals surface area contributed by atoms with E-state index < -0.39 is 35.7 Å². The number of carboxylic acid groups (broad SMARTS) is 4. The Kier molecular flexibility index (Phi) is 15.0. The molecule has 2 saturated heterocycles. The molecule has 12 heteroatoms. The Morgan fingerprint density at radius 1 is 0.620 bits per heavy atom. The molecule has 4 aromatic carbocycles. The van der Waals surface area contributed by atoms with Crippen LogP contribution in [0.15, 0.2) is 72.8 Å². The van der Waals surface area contributed by atoms with Crippen molar-refractivity contribution in [1.29, 1.82) is 0 Å². The van der Waals surface area contributed by atoms with Gasteiger partial charge in [-0.05, 0) is 70.8 Å². The van der Waals surface area contributed by atoms with Crippen molar-refractivity contribution < 1.29 is 59.7 Å². The molecule has 2 fully saturated rings. The SMILES string of the molecule is COc1ccc2cc([C@@H](C)C(=O)O)ccc2c1.COc1ccc2cc([C@H](C)C(=O)O)ccc2c1.O=C([O-])[C@H]1CCC[NH2+]1.O=C([O-])[C@H]1CCC[NH2+]1. The second kappa shape index (κ2) is 19.1. The number of hydrogen-bond acceptors (Lipinski definition) is 8. The average molecular weight is 691 g/mol. The van der Waals surface area contributed by atoms with Crippen LogP contribution in [0.3, 0.4) is 0 Å². The fraction of sp³-hybridized carbons (Fsp3) is 0.368. The Hall–Kier alpha value is -5.20. The highest BCUT2D eigenvalue weighted by atomic mass is 16.5. The molecule has 4 aromatic rings. The molecule has 0 aromatic heterocycles. The molecule has 4 atom stereocenters. The van der Waals surface area contributed by atoms with Crippen molar-refractivity contribution in [2.24, 2.45) is 0 Å². The van der Waals surface area contributed by atoms with E-state index in [9.17, 15) is 29.4 Å². The minimum absolute atomic E-state index is 0.255. The maximum absolute atomic E-state index is 10.9. The zero-order chi connectivity index (χ0) is 36.8. The standard InChI is InChI=1S/2C14H14O3.2C5H9NO2/c2*1-9(14(15)16)10-3-4-12-8-13(17-2)6-5-11(12)7-10;2*7-5(8)4-2-1-3-6-4/h2*3-9H,1-2H3,(H,15,16);2*4,6H,1-3H2,(H,7,8)/t2*9-;2*4-/m1011/s1. The molecule has 0 amide bonds. The van der Waals surface area contributed by atoms with Crippen molar-refractivity contribution in [3.63, 3.8) is 0 Å². The van der Waals surface area contributed by atoms with Gasteiger partial charge in [-0.1, -0.05) is 48.5 Å². The fourth-order valence-electron chi connectivity index (χ4n) is 5.54. The van der Waals surface area contributed by atoms with Gasteiger partial charge in [0.2, 0.25) is 0 Å². The Labute approximate surface area is 291 Å². The van der Waals surface area contributed by atoms with Crippen molar-refractivity contribution in [2.75, 3.05) is 27.3 Å². The Morgan fingerprint density at radius 3 is 1.22 bits per heavy atom.